The van der Waals surface area contributed by atoms with E-state index in [4.69, 9.17) is 4.74 Å². The van der Waals surface area contributed by atoms with Crippen molar-refractivity contribution in [1.29, 1.82) is 0 Å². The van der Waals surface area contributed by atoms with E-state index in [0.717, 1.165) is 11.3 Å². The molecule has 1 aliphatic rings. The number of amides is 1. The smallest absolute Gasteiger partial charge is 0.237 e. The van der Waals surface area contributed by atoms with Gasteiger partial charge in [-0.2, -0.15) is 0 Å². The lowest BCUT2D eigenvalue weighted by atomic mass is 10.0. The Morgan fingerprint density at radius 1 is 1.40 bits per heavy atom. The minimum atomic E-state index is -0.337. The van der Waals surface area contributed by atoms with Gasteiger partial charge in [0.15, 0.2) is 10.9 Å². The van der Waals surface area contributed by atoms with E-state index >= 15 is 0 Å². The first-order valence-corrected chi connectivity index (χ1v) is 7.02. The van der Waals surface area contributed by atoms with Gasteiger partial charge in [0.25, 0.3) is 0 Å². The molecule has 0 aliphatic carbocycles. The topological polar surface area (TPSA) is 68.3 Å². The van der Waals surface area contributed by atoms with Crippen molar-refractivity contribution in [3.8, 4) is 5.75 Å². The van der Waals surface area contributed by atoms with E-state index in [0.29, 0.717) is 17.4 Å². The SMILES string of the molecule is CC(=O)c1csc(NC(=O)C2COc3ccccc32)n1. The number of carbonyl (C=O) groups is 2. The van der Waals surface area contributed by atoms with Crippen LogP contribution in [0.4, 0.5) is 5.13 Å². The number of ether oxygens (including phenoxy) is 1. The van der Waals surface area contributed by atoms with E-state index in [2.05, 4.69) is 10.3 Å². The zero-order valence-electron chi connectivity index (χ0n) is 10.8. The Balaban J connectivity index is 1.75. The number of fused-ring (bicyclic) bond motifs is 1. The second kappa shape index (κ2) is 5.05. The number of aromatic nitrogens is 1. The van der Waals surface area contributed by atoms with Crippen LogP contribution in [0.2, 0.25) is 0 Å². The summed E-state index contributed by atoms with van der Waals surface area (Å²) in [6, 6.07) is 7.49. The van der Waals surface area contributed by atoms with Crippen LogP contribution in [0.25, 0.3) is 0 Å². The van der Waals surface area contributed by atoms with Crippen LogP contribution in [-0.4, -0.2) is 23.3 Å². The number of carbonyl (C=O) groups excluding carboxylic acids is 2. The molecule has 0 saturated carbocycles. The lowest BCUT2D eigenvalue weighted by molar-refractivity contribution is -0.117. The van der Waals surface area contributed by atoms with Gasteiger partial charge in [-0.3, -0.25) is 9.59 Å². The van der Waals surface area contributed by atoms with Gasteiger partial charge in [0.1, 0.15) is 24.0 Å². The second-order valence-corrected chi connectivity index (χ2v) is 5.34. The summed E-state index contributed by atoms with van der Waals surface area (Å²) in [7, 11) is 0. The maximum atomic E-state index is 12.2. The summed E-state index contributed by atoms with van der Waals surface area (Å²) in [6.07, 6.45) is 0. The Bertz CT molecular complexity index is 681. The summed E-state index contributed by atoms with van der Waals surface area (Å²) in [4.78, 5) is 27.5. The van der Waals surface area contributed by atoms with Gasteiger partial charge in [0, 0.05) is 17.9 Å². The molecule has 1 N–H and O–H groups in total. The third-order valence-electron chi connectivity index (χ3n) is 3.11. The molecule has 0 fully saturated rings. The standard InChI is InChI=1S/C14H12N2O3S/c1-8(17)11-7-20-14(15-11)16-13(18)10-6-19-12-5-3-2-4-9(10)12/h2-5,7,10H,6H2,1H3,(H,15,16,18). The van der Waals surface area contributed by atoms with Gasteiger partial charge in [-0.05, 0) is 6.07 Å². The van der Waals surface area contributed by atoms with Crippen molar-refractivity contribution in [2.24, 2.45) is 0 Å². The van der Waals surface area contributed by atoms with Gasteiger partial charge in [0.2, 0.25) is 5.91 Å². The Kier molecular flexibility index (Phi) is 3.23. The molecule has 0 radical (unpaired) electrons. The largest absolute Gasteiger partial charge is 0.492 e. The van der Waals surface area contributed by atoms with E-state index in [1.54, 1.807) is 5.38 Å². The highest BCUT2D eigenvalue weighted by Crippen LogP contribution is 2.34. The Morgan fingerprint density at radius 2 is 2.20 bits per heavy atom. The van der Waals surface area contributed by atoms with Crippen LogP contribution in [0, 0.1) is 0 Å². The fourth-order valence-corrected chi connectivity index (χ4v) is 2.82. The average Bonchev–Trinajstić information content (AvgIpc) is 3.04. The fourth-order valence-electron chi connectivity index (χ4n) is 2.07. The normalized spacial score (nSPS) is 16.4. The van der Waals surface area contributed by atoms with Gasteiger partial charge in [0.05, 0.1) is 0 Å². The van der Waals surface area contributed by atoms with Crippen LogP contribution in [-0.2, 0) is 4.79 Å². The highest BCUT2D eigenvalue weighted by atomic mass is 32.1. The molecule has 20 heavy (non-hydrogen) atoms. The monoisotopic (exact) mass is 288 g/mol. The molecule has 2 aromatic rings. The van der Waals surface area contributed by atoms with Gasteiger partial charge in [-0.1, -0.05) is 18.2 Å². The minimum absolute atomic E-state index is 0.115. The molecule has 0 saturated heterocycles. The van der Waals surface area contributed by atoms with Crippen molar-refractivity contribution in [2.75, 3.05) is 11.9 Å². The van der Waals surface area contributed by atoms with E-state index in [1.165, 1.54) is 18.3 Å². The average molecular weight is 288 g/mol. The highest BCUT2D eigenvalue weighted by Gasteiger charge is 2.30. The van der Waals surface area contributed by atoms with Crippen LogP contribution in [0.15, 0.2) is 29.6 Å². The molecular weight excluding hydrogens is 276 g/mol. The maximum Gasteiger partial charge on any atom is 0.237 e. The van der Waals surface area contributed by atoms with Crippen molar-refractivity contribution in [2.45, 2.75) is 12.8 Å². The predicted molar refractivity (Wildman–Crippen MR) is 75.4 cm³/mol. The summed E-state index contributed by atoms with van der Waals surface area (Å²) in [6.45, 7) is 1.78. The third-order valence-corrected chi connectivity index (χ3v) is 3.87. The van der Waals surface area contributed by atoms with Gasteiger partial charge in [-0.25, -0.2) is 4.98 Å². The molecule has 1 aliphatic heterocycles. The number of thiazole rings is 1. The number of nitrogens with one attached hydrogen (secondary N) is 1. The molecule has 2 heterocycles. The number of rotatable bonds is 3. The third kappa shape index (κ3) is 2.30. The van der Waals surface area contributed by atoms with Crippen LogP contribution >= 0.6 is 11.3 Å². The van der Waals surface area contributed by atoms with E-state index in [9.17, 15) is 9.59 Å². The minimum Gasteiger partial charge on any atom is -0.492 e. The van der Waals surface area contributed by atoms with E-state index in [1.807, 2.05) is 24.3 Å². The van der Waals surface area contributed by atoms with E-state index < -0.39 is 0 Å². The lowest BCUT2D eigenvalue weighted by Crippen LogP contribution is -2.22. The molecule has 102 valence electrons. The van der Waals surface area contributed by atoms with Crippen molar-refractivity contribution in [3.63, 3.8) is 0 Å². The zero-order valence-corrected chi connectivity index (χ0v) is 11.6. The molecule has 1 unspecified atom stereocenters. The molecule has 5 nitrogen and oxygen atoms in total. The molecular formula is C14H12N2O3S. The first-order chi connectivity index (χ1) is 9.65. The molecule has 0 spiro atoms. The first-order valence-electron chi connectivity index (χ1n) is 6.14. The lowest BCUT2D eigenvalue weighted by Gasteiger charge is -2.07. The van der Waals surface area contributed by atoms with Crippen molar-refractivity contribution < 1.29 is 14.3 Å². The van der Waals surface area contributed by atoms with E-state index in [-0.39, 0.29) is 17.6 Å². The molecule has 6 heteroatoms. The quantitative estimate of drug-likeness (QED) is 0.881. The molecule has 0 bridgehead atoms. The van der Waals surface area contributed by atoms with Gasteiger partial charge in [-0.15, -0.1) is 11.3 Å². The summed E-state index contributed by atoms with van der Waals surface area (Å²) in [5.41, 5.74) is 1.25. The van der Waals surface area contributed by atoms with Crippen molar-refractivity contribution in [3.05, 3.63) is 40.9 Å². The Morgan fingerprint density at radius 3 is 2.95 bits per heavy atom. The Hall–Kier alpha value is -2.21. The maximum absolute atomic E-state index is 12.2. The molecule has 1 aromatic carbocycles. The van der Waals surface area contributed by atoms with Crippen LogP contribution < -0.4 is 10.1 Å². The summed E-state index contributed by atoms with van der Waals surface area (Å²) >= 11 is 1.24. The van der Waals surface area contributed by atoms with Crippen LogP contribution in [0.1, 0.15) is 28.9 Å². The summed E-state index contributed by atoms with van der Waals surface area (Å²) < 4.78 is 5.48. The summed E-state index contributed by atoms with van der Waals surface area (Å²) in [5, 5.41) is 4.81. The van der Waals surface area contributed by atoms with Gasteiger partial charge >= 0.3 is 0 Å². The number of hydrogen-bond donors (Lipinski definition) is 1. The number of benzene rings is 1. The second-order valence-electron chi connectivity index (χ2n) is 4.48. The molecule has 1 atom stereocenters. The predicted octanol–water partition coefficient (Wildman–Crippen LogP) is 2.46. The number of nitrogens with zero attached hydrogens (tertiary/aromatic N) is 1. The van der Waals surface area contributed by atoms with Crippen LogP contribution in [0.3, 0.4) is 0 Å². The van der Waals surface area contributed by atoms with Crippen molar-refractivity contribution in [1.82, 2.24) is 4.98 Å². The number of anilines is 1. The number of hydrogen-bond acceptors (Lipinski definition) is 5. The fraction of sp³-hybridized carbons (Fsp3) is 0.214. The highest BCUT2D eigenvalue weighted by molar-refractivity contribution is 7.14. The molecule has 3 rings (SSSR count). The van der Waals surface area contributed by atoms with Crippen LogP contribution in [0.5, 0.6) is 5.75 Å². The Labute approximate surface area is 119 Å². The van der Waals surface area contributed by atoms with Gasteiger partial charge < -0.3 is 10.1 Å². The molecule has 1 aromatic heterocycles. The summed E-state index contributed by atoms with van der Waals surface area (Å²) in [5.74, 6) is 0.128. The first kappa shape index (κ1) is 12.8. The number of Topliss-reactive ketones (excluding diaryl/α,β-unsaturated/α-hetero) is 1. The number of ketones is 1. The van der Waals surface area contributed by atoms with Crippen molar-refractivity contribution >= 4 is 28.2 Å². The zero-order chi connectivity index (χ0) is 14.1. The number of para-hydroxylation sites is 1. The molecule has 1 amide bonds.